The largest absolute Gasteiger partial charge is 0.446 e. The molecule has 1 aliphatic rings. The van der Waals surface area contributed by atoms with E-state index in [-0.39, 0.29) is 23.2 Å². The van der Waals surface area contributed by atoms with E-state index in [2.05, 4.69) is 25.5 Å². The number of nitrogens with zero attached hydrogens (tertiary/aromatic N) is 3. The van der Waals surface area contributed by atoms with Crippen LogP contribution in [0.3, 0.4) is 0 Å². The standard InChI is InChI=1S/C17H18F3N5OS/c18-17(19,20)27-14-5-3-12(4-6-14)24-16(26)22-11-13-7-8-21-15(23-13)25-9-1-2-10-25/h3-8H,1-2,9-11H2,(H2,22,24,26). The number of hydrogen-bond donors (Lipinski definition) is 2. The van der Waals surface area contributed by atoms with E-state index >= 15 is 0 Å². The van der Waals surface area contributed by atoms with Crippen LogP contribution in [0.2, 0.25) is 0 Å². The zero-order valence-corrected chi connectivity index (χ0v) is 15.1. The second kappa shape index (κ2) is 8.47. The molecule has 10 heteroatoms. The highest BCUT2D eigenvalue weighted by atomic mass is 32.2. The molecule has 144 valence electrons. The van der Waals surface area contributed by atoms with Gasteiger partial charge in [0.2, 0.25) is 5.95 Å². The Morgan fingerprint density at radius 3 is 2.52 bits per heavy atom. The molecule has 0 atom stereocenters. The maximum absolute atomic E-state index is 12.3. The van der Waals surface area contributed by atoms with Gasteiger partial charge in [-0.05, 0) is 54.9 Å². The van der Waals surface area contributed by atoms with Gasteiger partial charge in [0.05, 0.1) is 12.2 Å². The molecular formula is C17H18F3N5OS. The summed E-state index contributed by atoms with van der Waals surface area (Å²) in [6.07, 6.45) is 3.90. The first-order valence-corrected chi connectivity index (χ1v) is 9.18. The molecule has 2 aromatic rings. The van der Waals surface area contributed by atoms with E-state index in [1.807, 2.05) is 0 Å². The SMILES string of the molecule is O=C(NCc1ccnc(N2CCCC2)n1)Nc1ccc(SC(F)(F)F)cc1. The summed E-state index contributed by atoms with van der Waals surface area (Å²) in [6, 6.07) is 6.71. The van der Waals surface area contributed by atoms with Crippen LogP contribution in [0.4, 0.5) is 29.6 Å². The molecule has 2 N–H and O–H groups in total. The smallest absolute Gasteiger partial charge is 0.341 e. The number of anilines is 2. The van der Waals surface area contributed by atoms with Crippen molar-refractivity contribution in [3.05, 3.63) is 42.2 Å². The number of hydrogen-bond acceptors (Lipinski definition) is 5. The van der Waals surface area contributed by atoms with E-state index < -0.39 is 11.5 Å². The Balaban J connectivity index is 1.50. The van der Waals surface area contributed by atoms with Crippen LogP contribution in [0.15, 0.2) is 41.4 Å². The number of aromatic nitrogens is 2. The van der Waals surface area contributed by atoms with E-state index in [4.69, 9.17) is 0 Å². The first-order chi connectivity index (χ1) is 12.9. The van der Waals surface area contributed by atoms with Gasteiger partial charge < -0.3 is 15.5 Å². The first kappa shape index (κ1) is 19.3. The maximum Gasteiger partial charge on any atom is 0.446 e. The van der Waals surface area contributed by atoms with Crippen LogP contribution in [0.5, 0.6) is 0 Å². The summed E-state index contributed by atoms with van der Waals surface area (Å²) in [7, 11) is 0. The molecule has 27 heavy (non-hydrogen) atoms. The summed E-state index contributed by atoms with van der Waals surface area (Å²) in [6.45, 7) is 2.08. The van der Waals surface area contributed by atoms with Crippen LogP contribution < -0.4 is 15.5 Å². The average molecular weight is 397 g/mol. The number of benzene rings is 1. The molecule has 1 fully saturated rings. The van der Waals surface area contributed by atoms with Gasteiger partial charge in [-0.1, -0.05) is 0 Å². The zero-order chi connectivity index (χ0) is 19.3. The van der Waals surface area contributed by atoms with E-state index in [0.717, 1.165) is 25.9 Å². The molecule has 0 aliphatic carbocycles. The van der Waals surface area contributed by atoms with Gasteiger partial charge in [-0.2, -0.15) is 13.2 Å². The third kappa shape index (κ3) is 6.02. The maximum atomic E-state index is 12.3. The van der Waals surface area contributed by atoms with Gasteiger partial charge in [0.1, 0.15) is 0 Å². The van der Waals surface area contributed by atoms with Crippen molar-refractivity contribution in [2.75, 3.05) is 23.3 Å². The summed E-state index contributed by atoms with van der Waals surface area (Å²) in [5, 5.41) is 5.25. The highest BCUT2D eigenvalue weighted by molar-refractivity contribution is 8.00. The van der Waals surface area contributed by atoms with Crippen LogP contribution in [-0.2, 0) is 6.54 Å². The van der Waals surface area contributed by atoms with Crippen LogP contribution >= 0.6 is 11.8 Å². The quantitative estimate of drug-likeness (QED) is 0.746. The minimum absolute atomic E-state index is 0.0592. The van der Waals surface area contributed by atoms with Crippen LogP contribution in [0, 0.1) is 0 Å². The van der Waals surface area contributed by atoms with Crippen molar-refractivity contribution in [3.63, 3.8) is 0 Å². The van der Waals surface area contributed by atoms with Gasteiger partial charge in [0, 0.05) is 29.9 Å². The van der Waals surface area contributed by atoms with Crippen molar-refractivity contribution >= 4 is 29.4 Å². The van der Waals surface area contributed by atoms with E-state index in [1.54, 1.807) is 12.3 Å². The number of carbonyl (C=O) groups is 1. The van der Waals surface area contributed by atoms with E-state index in [0.29, 0.717) is 17.3 Å². The summed E-state index contributed by atoms with van der Waals surface area (Å²) >= 11 is -0.199. The molecule has 0 saturated carbocycles. The van der Waals surface area contributed by atoms with E-state index in [9.17, 15) is 18.0 Å². The summed E-state index contributed by atoms with van der Waals surface area (Å²) < 4.78 is 36.9. The van der Waals surface area contributed by atoms with Crippen molar-refractivity contribution in [2.45, 2.75) is 29.8 Å². The van der Waals surface area contributed by atoms with Crippen molar-refractivity contribution in [1.29, 1.82) is 0 Å². The second-order valence-corrected chi connectivity index (χ2v) is 7.06. The number of amides is 2. The van der Waals surface area contributed by atoms with Gasteiger partial charge >= 0.3 is 11.5 Å². The normalized spacial score (nSPS) is 14.3. The molecule has 6 nitrogen and oxygen atoms in total. The number of urea groups is 1. The molecule has 1 aliphatic heterocycles. The minimum Gasteiger partial charge on any atom is -0.341 e. The molecule has 2 amide bonds. The van der Waals surface area contributed by atoms with Crippen molar-refractivity contribution in [1.82, 2.24) is 15.3 Å². The second-order valence-electron chi connectivity index (χ2n) is 5.92. The van der Waals surface area contributed by atoms with Crippen LogP contribution in [0.1, 0.15) is 18.5 Å². The molecule has 3 rings (SSSR count). The monoisotopic (exact) mass is 397 g/mol. The van der Waals surface area contributed by atoms with Crippen molar-refractivity contribution in [2.24, 2.45) is 0 Å². The third-order valence-corrected chi connectivity index (χ3v) is 4.60. The Bertz CT molecular complexity index is 779. The Kier molecular flexibility index (Phi) is 6.04. The summed E-state index contributed by atoms with van der Waals surface area (Å²) in [4.78, 5) is 22.8. The number of halogens is 3. The average Bonchev–Trinajstić information content (AvgIpc) is 3.15. The lowest BCUT2D eigenvalue weighted by molar-refractivity contribution is -0.0328. The Morgan fingerprint density at radius 2 is 1.85 bits per heavy atom. The number of rotatable bonds is 5. The Hall–Kier alpha value is -2.49. The fourth-order valence-corrected chi connectivity index (χ4v) is 3.18. The third-order valence-electron chi connectivity index (χ3n) is 3.87. The molecule has 0 spiro atoms. The molecule has 1 aromatic heterocycles. The summed E-state index contributed by atoms with van der Waals surface area (Å²) in [5.74, 6) is 0.657. The predicted octanol–water partition coefficient (Wildman–Crippen LogP) is 4.01. The van der Waals surface area contributed by atoms with Crippen LogP contribution in [-0.4, -0.2) is 34.6 Å². The van der Waals surface area contributed by atoms with E-state index in [1.165, 1.54) is 24.3 Å². The fourth-order valence-electron chi connectivity index (χ4n) is 2.64. The molecule has 0 radical (unpaired) electrons. The number of alkyl halides is 3. The highest BCUT2D eigenvalue weighted by Crippen LogP contribution is 2.37. The van der Waals surface area contributed by atoms with Gasteiger partial charge in [0.15, 0.2) is 0 Å². The fraction of sp³-hybridized carbons (Fsp3) is 0.353. The predicted molar refractivity (Wildman–Crippen MR) is 97.7 cm³/mol. The van der Waals surface area contributed by atoms with Gasteiger partial charge in [-0.25, -0.2) is 14.8 Å². The summed E-state index contributed by atoms with van der Waals surface area (Å²) in [5.41, 5.74) is -3.25. The molecule has 0 unspecified atom stereocenters. The number of thioether (sulfide) groups is 1. The lowest BCUT2D eigenvalue weighted by Crippen LogP contribution is -2.29. The molecule has 0 bridgehead atoms. The molecule has 1 aromatic carbocycles. The topological polar surface area (TPSA) is 70.2 Å². The zero-order valence-electron chi connectivity index (χ0n) is 14.3. The van der Waals surface area contributed by atoms with Crippen molar-refractivity contribution < 1.29 is 18.0 Å². The molecule has 1 saturated heterocycles. The Morgan fingerprint density at radius 1 is 1.15 bits per heavy atom. The van der Waals surface area contributed by atoms with Gasteiger partial charge in [0.25, 0.3) is 0 Å². The van der Waals surface area contributed by atoms with Crippen molar-refractivity contribution in [3.8, 4) is 0 Å². The van der Waals surface area contributed by atoms with Gasteiger partial charge in [-0.3, -0.25) is 0 Å². The van der Waals surface area contributed by atoms with Gasteiger partial charge in [-0.15, -0.1) is 0 Å². The molecular weight excluding hydrogens is 379 g/mol. The number of nitrogens with one attached hydrogen (secondary N) is 2. The minimum atomic E-state index is -4.34. The lowest BCUT2D eigenvalue weighted by atomic mass is 10.3. The Labute approximate surface area is 158 Å². The number of carbonyl (C=O) groups excluding carboxylic acids is 1. The highest BCUT2D eigenvalue weighted by Gasteiger charge is 2.29. The lowest BCUT2D eigenvalue weighted by Gasteiger charge is -2.15. The first-order valence-electron chi connectivity index (χ1n) is 8.36. The van der Waals surface area contributed by atoms with Crippen LogP contribution in [0.25, 0.3) is 0 Å². The molecule has 2 heterocycles.